The summed E-state index contributed by atoms with van der Waals surface area (Å²) < 4.78 is 6.04. The van der Waals surface area contributed by atoms with Crippen molar-refractivity contribution in [2.75, 3.05) is 33.3 Å². The summed E-state index contributed by atoms with van der Waals surface area (Å²) in [6.07, 6.45) is 2.32. The number of rotatable bonds is 6. The van der Waals surface area contributed by atoms with Gasteiger partial charge >= 0.3 is 0 Å². The van der Waals surface area contributed by atoms with E-state index >= 15 is 0 Å². The molecule has 0 unspecified atom stereocenters. The van der Waals surface area contributed by atoms with Crippen LogP contribution < -0.4 is 15.4 Å². The molecule has 0 atom stereocenters. The molecule has 1 saturated heterocycles. The highest BCUT2D eigenvalue weighted by atomic mass is 127. The zero-order chi connectivity index (χ0) is 19.9. The minimum Gasteiger partial charge on any atom is -0.491 e. The molecule has 160 valence electrons. The van der Waals surface area contributed by atoms with E-state index in [0.29, 0.717) is 18.7 Å². The summed E-state index contributed by atoms with van der Waals surface area (Å²) in [5, 5.41) is 6.94. The highest BCUT2D eigenvalue weighted by Gasteiger charge is 2.21. The van der Waals surface area contributed by atoms with Gasteiger partial charge in [-0.1, -0.05) is 39.0 Å². The second-order valence-corrected chi connectivity index (χ2v) is 8.64. The molecule has 1 aliphatic heterocycles. The van der Waals surface area contributed by atoms with Gasteiger partial charge in [-0.05, 0) is 43.7 Å². The number of para-hydroxylation sites is 1. The Morgan fingerprint density at radius 3 is 2.43 bits per heavy atom. The summed E-state index contributed by atoms with van der Waals surface area (Å²) in [4.78, 5) is 6.90. The van der Waals surface area contributed by atoms with E-state index in [2.05, 4.69) is 73.3 Å². The second kappa shape index (κ2) is 11.9. The molecule has 0 spiro atoms. The van der Waals surface area contributed by atoms with Gasteiger partial charge in [-0.3, -0.25) is 4.99 Å². The van der Waals surface area contributed by atoms with Crippen molar-refractivity contribution in [1.29, 1.82) is 0 Å². The Labute approximate surface area is 188 Å². The van der Waals surface area contributed by atoms with Gasteiger partial charge in [0, 0.05) is 32.2 Å². The summed E-state index contributed by atoms with van der Waals surface area (Å²) in [5.41, 5.74) is 1.32. The third-order valence-corrected chi connectivity index (χ3v) is 5.17. The van der Waals surface area contributed by atoms with Gasteiger partial charge < -0.3 is 20.3 Å². The molecule has 28 heavy (non-hydrogen) atoms. The second-order valence-electron chi connectivity index (χ2n) is 8.64. The number of likely N-dealkylation sites (tertiary alicyclic amines) is 1. The minimum absolute atomic E-state index is 0. The van der Waals surface area contributed by atoms with Gasteiger partial charge in [0.2, 0.25) is 0 Å². The molecular formula is C22H39IN4O. The molecule has 6 heteroatoms. The van der Waals surface area contributed by atoms with Crippen LogP contribution in [-0.2, 0) is 5.41 Å². The maximum Gasteiger partial charge on any atom is 0.191 e. The van der Waals surface area contributed by atoms with Gasteiger partial charge in [-0.2, -0.15) is 0 Å². The van der Waals surface area contributed by atoms with Gasteiger partial charge in [-0.25, -0.2) is 0 Å². The Morgan fingerprint density at radius 2 is 1.86 bits per heavy atom. The number of aliphatic imine (C=N–C) groups is 1. The maximum absolute atomic E-state index is 6.04. The Morgan fingerprint density at radius 1 is 1.21 bits per heavy atom. The standard InChI is InChI=1S/C22H38N4O.HI/c1-17(2)26-14-11-18(12-15-26)25-21(23-6)24-13-16-27-20-10-8-7-9-19(20)22(3,4)5;/h7-10,17-18H,11-16H2,1-6H3,(H2,23,24,25);1H. The summed E-state index contributed by atoms with van der Waals surface area (Å²) in [6.45, 7) is 14.8. The van der Waals surface area contributed by atoms with E-state index in [1.54, 1.807) is 0 Å². The van der Waals surface area contributed by atoms with Crippen molar-refractivity contribution in [2.24, 2.45) is 4.99 Å². The molecule has 1 fully saturated rings. The van der Waals surface area contributed by atoms with E-state index < -0.39 is 0 Å². The Kier molecular flexibility index (Phi) is 10.6. The van der Waals surface area contributed by atoms with Gasteiger partial charge in [0.25, 0.3) is 0 Å². The van der Waals surface area contributed by atoms with Crippen LogP contribution in [0.25, 0.3) is 0 Å². The lowest BCUT2D eigenvalue weighted by Gasteiger charge is -2.35. The fourth-order valence-corrected chi connectivity index (χ4v) is 3.49. The Balaban J connectivity index is 0.00000392. The number of halogens is 1. The Bertz CT molecular complexity index is 605. The third kappa shape index (κ3) is 7.78. The van der Waals surface area contributed by atoms with E-state index in [1.807, 2.05) is 13.1 Å². The van der Waals surface area contributed by atoms with E-state index in [9.17, 15) is 0 Å². The summed E-state index contributed by atoms with van der Waals surface area (Å²) in [6, 6.07) is 9.43. The quantitative estimate of drug-likeness (QED) is 0.267. The van der Waals surface area contributed by atoms with Gasteiger partial charge in [-0.15, -0.1) is 24.0 Å². The van der Waals surface area contributed by atoms with E-state index in [1.165, 1.54) is 5.56 Å². The molecule has 0 aromatic heterocycles. The number of guanidine groups is 1. The molecule has 0 amide bonds. The summed E-state index contributed by atoms with van der Waals surface area (Å²) in [7, 11) is 1.83. The first kappa shape index (κ1) is 25.0. The zero-order valence-corrected chi connectivity index (χ0v) is 20.7. The van der Waals surface area contributed by atoms with Gasteiger partial charge in [0.1, 0.15) is 12.4 Å². The number of ether oxygens (including phenoxy) is 1. The van der Waals surface area contributed by atoms with E-state index in [4.69, 9.17) is 4.74 Å². The number of piperidine rings is 1. The summed E-state index contributed by atoms with van der Waals surface area (Å²) >= 11 is 0. The molecule has 2 N–H and O–H groups in total. The maximum atomic E-state index is 6.04. The first-order chi connectivity index (χ1) is 12.8. The van der Waals surface area contributed by atoms with Crippen molar-refractivity contribution in [3.63, 3.8) is 0 Å². The molecule has 1 aliphatic rings. The first-order valence-corrected chi connectivity index (χ1v) is 10.2. The van der Waals surface area contributed by atoms with Crippen LogP contribution in [0.15, 0.2) is 29.3 Å². The highest BCUT2D eigenvalue weighted by Crippen LogP contribution is 2.30. The Hall–Kier alpha value is -1.02. The fourth-order valence-electron chi connectivity index (χ4n) is 3.49. The number of hydrogen-bond donors (Lipinski definition) is 2. The van der Waals surface area contributed by atoms with Gasteiger partial charge in [0.05, 0.1) is 6.54 Å². The van der Waals surface area contributed by atoms with Crippen molar-refractivity contribution < 1.29 is 4.74 Å². The third-order valence-electron chi connectivity index (χ3n) is 5.17. The normalized spacial score (nSPS) is 16.6. The summed E-state index contributed by atoms with van der Waals surface area (Å²) in [5.74, 6) is 1.83. The number of nitrogens with zero attached hydrogens (tertiary/aromatic N) is 2. The van der Waals surface area contributed by atoms with Crippen molar-refractivity contribution in [3.05, 3.63) is 29.8 Å². The van der Waals surface area contributed by atoms with E-state index in [0.717, 1.165) is 44.2 Å². The van der Waals surface area contributed by atoms with Crippen molar-refractivity contribution in [1.82, 2.24) is 15.5 Å². The first-order valence-electron chi connectivity index (χ1n) is 10.2. The number of nitrogens with one attached hydrogen (secondary N) is 2. The largest absolute Gasteiger partial charge is 0.491 e. The van der Waals surface area contributed by atoms with Crippen LogP contribution in [0, 0.1) is 0 Å². The molecule has 0 aliphatic carbocycles. The van der Waals surface area contributed by atoms with Gasteiger partial charge in [0.15, 0.2) is 5.96 Å². The van der Waals surface area contributed by atoms with Crippen molar-refractivity contribution in [2.45, 2.75) is 65.0 Å². The smallest absolute Gasteiger partial charge is 0.191 e. The highest BCUT2D eigenvalue weighted by molar-refractivity contribution is 14.0. The number of benzene rings is 1. The van der Waals surface area contributed by atoms with Crippen LogP contribution in [0.1, 0.15) is 53.0 Å². The lowest BCUT2D eigenvalue weighted by Crippen LogP contribution is -2.50. The minimum atomic E-state index is 0. The van der Waals surface area contributed by atoms with Crippen LogP contribution in [0.5, 0.6) is 5.75 Å². The molecule has 0 saturated carbocycles. The zero-order valence-electron chi connectivity index (χ0n) is 18.4. The lowest BCUT2D eigenvalue weighted by molar-refractivity contribution is 0.167. The molecule has 0 bridgehead atoms. The molecule has 2 rings (SSSR count). The van der Waals surface area contributed by atoms with E-state index in [-0.39, 0.29) is 29.4 Å². The molecule has 1 aromatic carbocycles. The SMILES string of the molecule is CN=C(NCCOc1ccccc1C(C)(C)C)NC1CCN(C(C)C)CC1.I. The van der Waals surface area contributed by atoms with Crippen LogP contribution in [0.3, 0.4) is 0 Å². The molecule has 1 aromatic rings. The predicted molar refractivity (Wildman–Crippen MR) is 130 cm³/mol. The van der Waals surface area contributed by atoms with Crippen LogP contribution in [0.4, 0.5) is 0 Å². The predicted octanol–water partition coefficient (Wildman–Crippen LogP) is 4.02. The van der Waals surface area contributed by atoms with Crippen LogP contribution >= 0.6 is 24.0 Å². The van der Waals surface area contributed by atoms with Crippen LogP contribution in [0.2, 0.25) is 0 Å². The molecule has 0 radical (unpaired) electrons. The fraction of sp³-hybridized carbons (Fsp3) is 0.682. The topological polar surface area (TPSA) is 48.9 Å². The molecule has 5 nitrogen and oxygen atoms in total. The molecular weight excluding hydrogens is 463 g/mol. The van der Waals surface area contributed by atoms with Crippen molar-refractivity contribution in [3.8, 4) is 5.75 Å². The molecule has 1 heterocycles. The van der Waals surface area contributed by atoms with Crippen LogP contribution in [-0.4, -0.2) is 56.2 Å². The monoisotopic (exact) mass is 502 g/mol. The lowest BCUT2D eigenvalue weighted by atomic mass is 9.86. The average Bonchev–Trinajstić information content (AvgIpc) is 2.64. The van der Waals surface area contributed by atoms with Crippen molar-refractivity contribution >= 4 is 29.9 Å². The average molecular weight is 502 g/mol. The number of hydrogen-bond acceptors (Lipinski definition) is 3.